The van der Waals surface area contributed by atoms with Crippen molar-refractivity contribution in [3.05, 3.63) is 11.3 Å². The lowest BCUT2D eigenvalue weighted by Crippen LogP contribution is -2.35. The Labute approximate surface area is 88.0 Å². The molecule has 0 spiro atoms. The van der Waals surface area contributed by atoms with Crippen LogP contribution in [-0.4, -0.2) is 31.3 Å². The summed E-state index contributed by atoms with van der Waals surface area (Å²) >= 11 is 0. The molecule has 5 nitrogen and oxygen atoms in total. The minimum atomic E-state index is -0.998. The van der Waals surface area contributed by atoms with E-state index in [9.17, 15) is 9.59 Å². The van der Waals surface area contributed by atoms with E-state index in [0.29, 0.717) is 11.3 Å². The minimum Gasteiger partial charge on any atom is -0.496 e. The van der Waals surface area contributed by atoms with E-state index in [1.54, 1.807) is 13.8 Å². The topological polar surface area (TPSA) is 61.8 Å². The molecule has 0 fully saturated rings. The maximum atomic E-state index is 11.3. The predicted octanol–water partition coefficient (Wildman–Crippen LogP) is 0.785. The summed E-state index contributed by atoms with van der Waals surface area (Å²) in [6.45, 7) is 4.52. The van der Waals surface area contributed by atoms with Crippen molar-refractivity contribution in [3.8, 4) is 0 Å². The summed E-state index contributed by atoms with van der Waals surface area (Å²) in [5.41, 5.74) is -0.589. The SMILES string of the molecule is COC1=C(C)C(=O)OC1(C)COC(C)=O. The van der Waals surface area contributed by atoms with Crippen molar-refractivity contribution in [2.45, 2.75) is 26.4 Å². The van der Waals surface area contributed by atoms with Gasteiger partial charge in [-0.2, -0.15) is 0 Å². The summed E-state index contributed by atoms with van der Waals surface area (Å²) in [6, 6.07) is 0. The van der Waals surface area contributed by atoms with E-state index in [1.807, 2.05) is 0 Å². The molecule has 1 atom stereocenters. The van der Waals surface area contributed by atoms with E-state index >= 15 is 0 Å². The van der Waals surface area contributed by atoms with E-state index in [0.717, 1.165) is 0 Å². The first-order chi connectivity index (χ1) is 6.90. The predicted molar refractivity (Wildman–Crippen MR) is 50.8 cm³/mol. The molecule has 15 heavy (non-hydrogen) atoms. The molecule has 1 rings (SSSR count). The summed E-state index contributed by atoms with van der Waals surface area (Å²) in [6.07, 6.45) is 0. The summed E-state index contributed by atoms with van der Waals surface area (Å²) in [5, 5.41) is 0. The van der Waals surface area contributed by atoms with Crippen LogP contribution in [0.25, 0.3) is 0 Å². The molecule has 1 aliphatic rings. The van der Waals surface area contributed by atoms with Crippen LogP contribution >= 0.6 is 0 Å². The lowest BCUT2D eigenvalue weighted by atomic mass is 10.0. The Morgan fingerprint density at radius 2 is 2.13 bits per heavy atom. The average molecular weight is 214 g/mol. The van der Waals surface area contributed by atoms with Gasteiger partial charge in [-0.05, 0) is 13.8 Å². The third-order valence-electron chi connectivity index (χ3n) is 2.20. The zero-order valence-corrected chi connectivity index (χ0v) is 9.25. The van der Waals surface area contributed by atoms with Crippen LogP contribution in [0.4, 0.5) is 0 Å². The smallest absolute Gasteiger partial charge is 0.338 e. The highest BCUT2D eigenvalue weighted by Crippen LogP contribution is 2.33. The Hall–Kier alpha value is -1.52. The highest BCUT2D eigenvalue weighted by molar-refractivity contribution is 5.91. The maximum absolute atomic E-state index is 11.3. The molecule has 1 unspecified atom stereocenters. The largest absolute Gasteiger partial charge is 0.496 e. The Balaban J connectivity index is 2.86. The summed E-state index contributed by atoms with van der Waals surface area (Å²) in [7, 11) is 1.45. The summed E-state index contributed by atoms with van der Waals surface area (Å²) in [5.74, 6) is -0.456. The van der Waals surface area contributed by atoms with Crippen LogP contribution in [0.1, 0.15) is 20.8 Å². The number of esters is 2. The molecule has 0 N–H and O–H groups in total. The van der Waals surface area contributed by atoms with Crippen LogP contribution in [0.15, 0.2) is 11.3 Å². The Morgan fingerprint density at radius 1 is 1.53 bits per heavy atom. The third-order valence-corrected chi connectivity index (χ3v) is 2.20. The molecule has 0 bridgehead atoms. The van der Waals surface area contributed by atoms with E-state index in [4.69, 9.17) is 14.2 Å². The molecule has 0 aromatic carbocycles. The van der Waals surface area contributed by atoms with Gasteiger partial charge in [-0.15, -0.1) is 0 Å². The van der Waals surface area contributed by atoms with Crippen molar-refractivity contribution >= 4 is 11.9 Å². The van der Waals surface area contributed by atoms with E-state index in [1.165, 1.54) is 14.0 Å². The molecule has 1 heterocycles. The van der Waals surface area contributed by atoms with Gasteiger partial charge in [0.2, 0.25) is 5.60 Å². The number of ether oxygens (including phenoxy) is 3. The van der Waals surface area contributed by atoms with E-state index < -0.39 is 17.5 Å². The van der Waals surface area contributed by atoms with Crippen molar-refractivity contribution in [1.82, 2.24) is 0 Å². The van der Waals surface area contributed by atoms with Gasteiger partial charge in [0, 0.05) is 6.92 Å². The highest BCUT2D eigenvalue weighted by Gasteiger charge is 2.44. The summed E-state index contributed by atoms with van der Waals surface area (Å²) in [4.78, 5) is 22.0. The lowest BCUT2D eigenvalue weighted by molar-refractivity contribution is -0.160. The first-order valence-electron chi connectivity index (χ1n) is 4.53. The van der Waals surface area contributed by atoms with Crippen LogP contribution < -0.4 is 0 Å². The standard InChI is InChI=1S/C10H14O5/c1-6-8(13-4)10(3,15-9(6)12)5-14-7(2)11/h5H2,1-4H3. The number of hydrogen-bond donors (Lipinski definition) is 0. The Morgan fingerprint density at radius 3 is 2.60 bits per heavy atom. The second-order valence-corrected chi connectivity index (χ2v) is 3.56. The van der Waals surface area contributed by atoms with Gasteiger partial charge in [-0.3, -0.25) is 4.79 Å². The molecule has 0 radical (unpaired) electrons. The molecule has 0 saturated carbocycles. The van der Waals surface area contributed by atoms with Crippen molar-refractivity contribution in [1.29, 1.82) is 0 Å². The van der Waals surface area contributed by atoms with Gasteiger partial charge in [0.1, 0.15) is 6.61 Å². The normalized spacial score (nSPS) is 25.2. The van der Waals surface area contributed by atoms with Crippen LogP contribution in [0, 0.1) is 0 Å². The van der Waals surface area contributed by atoms with Crippen molar-refractivity contribution in [2.24, 2.45) is 0 Å². The fourth-order valence-electron chi connectivity index (χ4n) is 1.52. The first kappa shape index (κ1) is 11.6. The van der Waals surface area contributed by atoms with Crippen LogP contribution in [-0.2, 0) is 23.8 Å². The molecule has 0 aliphatic carbocycles. The maximum Gasteiger partial charge on any atom is 0.338 e. The zero-order chi connectivity index (χ0) is 11.6. The Kier molecular flexibility index (Phi) is 3.02. The quantitative estimate of drug-likeness (QED) is 0.650. The van der Waals surface area contributed by atoms with Gasteiger partial charge >= 0.3 is 11.9 Å². The van der Waals surface area contributed by atoms with Crippen LogP contribution in [0.2, 0.25) is 0 Å². The number of methoxy groups -OCH3 is 1. The van der Waals surface area contributed by atoms with Gasteiger partial charge < -0.3 is 14.2 Å². The molecule has 0 saturated heterocycles. The van der Waals surface area contributed by atoms with Crippen molar-refractivity contribution in [2.75, 3.05) is 13.7 Å². The average Bonchev–Trinajstić information content (AvgIpc) is 2.36. The molecule has 0 amide bonds. The fourth-order valence-corrected chi connectivity index (χ4v) is 1.52. The number of hydrogen-bond acceptors (Lipinski definition) is 5. The number of rotatable bonds is 3. The van der Waals surface area contributed by atoms with Gasteiger partial charge in [-0.1, -0.05) is 0 Å². The number of cyclic esters (lactones) is 1. The zero-order valence-electron chi connectivity index (χ0n) is 9.25. The third kappa shape index (κ3) is 2.11. The van der Waals surface area contributed by atoms with Crippen LogP contribution in [0.5, 0.6) is 0 Å². The number of carbonyl (C=O) groups excluding carboxylic acids is 2. The Bertz CT molecular complexity index is 331. The van der Waals surface area contributed by atoms with E-state index in [2.05, 4.69) is 0 Å². The van der Waals surface area contributed by atoms with Gasteiger partial charge in [-0.25, -0.2) is 4.79 Å². The van der Waals surface area contributed by atoms with Crippen molar-refractivity contribution < 1.29 is 23.8 Å². The monoisotopic (exact) mass is 214 g/mol. The second-order valence-electron chi connectivity index (χ2n) is 3.56. The second kappa shape index (κ2) is 3.92. The molecule has 0 aromatic heterocycles. The first-order valence-corrected chi connectivity index (χ1v) is 4.53. The van der Waals surface area contributed by atoms with Gasteiger partial charge in [0.25, 0.3) is 0 Å². The minimum absolute atomic E-state index is 0.0331. The molecule has 0 aromatic rings. The molecule has 84 valence electrons. The molecule has 1 aliphatic heterocycles. The fraction of sp³-hybridized carbons (Fsp3) is 0.600. The number of carbonyl (C=O) groups is 2. The molecular weight excluding hydrogens is 200 g/mol. The highest BCUT2D eigenvalue weighted by atomic mass is 16.6. The van der Waals surface area contributed by atoms with E-state index in [-0.39, 0.29) is 6.61 Å². The summed E-state index contributed by atoms with van der Waals surface area (Å²) < 4.78 is 15.0. The lowest BCUT2D eigenvalue weighted by Gasteiger charge is -2.24. The van der Waals surface area contributed by atoms with Crippen molar-refractivity contribution in [3.63, 3.8) is 0 Å². The van der Waals surface area contributed by atoms with Gasteiger partial charge in [0.15, 0.2) is 5.76 Å². The molecular formula is C10H14O5. The van der Waals surface area contributed by atoms with Gasteiger partial charge in [0.05, 0.1) is 12.7 Å². The van der Waals surface area contributed by atoms with Crippen LogP contribution in [0.3, 0.4) is 0 Å². The molecule has 5 heteroatoms.